The highest BCUT2D eigenvalue weighted by atomic mass is 35.5. The van der Waals surface area contributed by atoms with Gasteiger partial charge < -0.3 is 4.42 Å². The first-order valence-electron chi connectivity index (χ1n) is 5.67. The lowest BCUT2D eigenvalue weighted by atomic mass is 10.2. The second kappa shape index (κ2) is 6.06. The van der Waals surface area contributed by atoms with Crippen molar-refractivity contribution < 1.29 is 22.5 Å². The SMILES string of the molecule is O=[N+]([O-])c1ccc(/C=N\Nc2cc(C(F)(F)F)ccc2Cl)o1. The van der Waals surface area contributed by atoms with Gasteiger partial charge in [0.15, 0.2) is 5.76 Å². The van der Waals surface area contributed by atoms with Crippen LogP contribution < -0.4 is 5.43 Å². The first-order chi connectivity index (χ1) is 10.3. The summed E-state index contributed by atoms with van der Waals surface area (Å²) in [6, 6.07) is 5.13. The molecule has 1 aromatic carbocycles. The fraction of sp³-hybridized carbons (Fsp3) is 0.0833. The predicted octanol–water partition coefficient (Wildman–Crippen LogP) is 4.31. The van der Waals surface area contributed by atoms with E-state index in [1.165, 1.54) is 6.07 Å². The molecule has 0 radical (unpaired) electrons. The number of benzene rings is 1. The van der Waals surface area contributed by atoms with Gasteiger partial charge in [-0.1, -0.05) is 11.6 Å². The third kappa shape index (κ3) is 3.76. The van der Waals surface area contributed by atoms with Crippen molar-refractivity contribution in [1.82, 2.24) is 0 Å². The smallest absolute Gasteiger partial charge is 0.400 e. The van der Waals surface area contributed by atoms with Crippen molar-refractivity contribution in [2.24, 2.45) is 5.10 Å². The molecule has 116 valence electrons. The fourth-order valence-corrected chi connectivity index (χ4v) is 1.62. The normalized spacial score (nSPS) is 11.8. The van der Waals surface area contributed by atoms with Gasteiger partial charge in [0, 0.05) is 0 Å². The highest BCUT2D eigenvalue weighted by molar-refractivity contribution is 6.33. The molecular weight excluding hydrogens is 327 g/mol. The molecule has 0 fully saturated rings. The Bertz CT molecular complexity index is 728. The number of alkyl halides is 3. The van der Waals surface area contributed by atoms with Crippen molar-refractivity contribution in [1.29, 1.82) is 0 Å². The number of halogens is 4. The molecule has 22 heavy (non-hydrogen) atoms. The molecule has 2 rings (SSSR count). The Hall–Kier alpha value is -2.55. The Morgan fingerprint density at radius 3 is 2.64 bits per heavy atom. The Morgan fingerprint density at radius 1 is 1.32 bits per heavy atom. The molecule has 1 N–H and O–H groups in total. The number of hydrogen-bond acceptors (Lipinski definition) is 5. The molecule has 0 spiro atoms. The van der Waals surface area contributed by atoms with Gasteiger partial charge in [0.25, 0.3) is 0 Å². The summed E-state index contributed by atoms with van der Waals surface area (Å²) in [5.41, 5.74) is 1.37. The number of hydrazone groups is 1. The molecule has 1 heterocycles. The Kier molecular flexibility index (Phi) is 4.36. The van der Waals surface area contributed by atoms with Crippen LogP contribution in [0.15, 0.2) is 39.9 Å². The van der Waals surface area contributed by atoms with Crippen LogP contribution in [0.2, 0.25) is 5.02 Å². The fourth-order valence-electron chi connectivity index (χ4n) is 1.46. The molecule has 0 saturated carbocycles. The van der Waals surface area contributed by atoms with E-state index in [1.807, 2.05) is 0 Å². The van der Waals surface area contributed by atoms with Gasteiger partial charge >= 0.3 is 12.1 Å². The van der Waals surface area contributed by atoms with E-state index >= 15 is 0 Å². The van der Waals surface area contributed by atoms with Crippen LogP contribution in [0.4, 0.5) is 24.7 Å². The number of anilines is 1. The van der Waals surface area contributed by atoms with Gasteiger partial charge in [0.1, 0.15) is 4.92 Å². The molecule has 0 bridgehead atoms. The van der Waals surface area contributed by atoms with Crippen LogP contribution >= 0.6 is 11.6 Å². The van der Waals surface area contributed by atoms with E-state index in [0.29, 0.717) is 0 Å². The van der Waals surface area contributed by atoms with Crippen molar-refractivity contribution in [3.8, 4) is 0 Å². The van der Waals surface area contributed by atoms with E-state index in [1.54, 1.807) is 0 Å². The zero-order chi connectivity index (χ0) is 16.3. The summed E-state index contributed by atoms with van der Waals surface area (Å²) in [6.45, 7) is 0. The molecular formula is C12H7ClF3N3O3. The van der Waals surface area contributed by atoms with Gasteiger partial charge in [0.05, 0.1) is 28.6 Å². The van der Waals surface area contributed by atoms with E-state index in [4.69, 9.17) is 16.0 Å². The summed E-state index contributed by atoms with van der Waals surface area (Å²) < 4.78 is 42.5. The van der Waals surface area contributed by atoms with Crippen molar-refractivity contribution in [3.63, 3.8) is 0 Å². The summed E-state index contributed by atoms with van der Waals surface area (Å²) >= 11 is 5.76. The van der Waals surface area contributed by atoms with E-state index in [0.717, 1.165) is 30.5 Å². The van der Waals surface area contributed by atoms with Gasteiger partial charge in [-0.05, 0) is 24.3 Å². The van der Waals surface area contributed by atoms with Crippen molar-refractivity contribution in [3.05, 3.63) is 56.8 Å². The van der Waals surface area contributed by atoms with Gasteiger partial charge in [-0.2, -0.15) is 18.3 Å². The highest BCUT2D eigenvalue weighted by Crippen LogP contribution is 2.33. The van der Waals surface area contributed by atoms with Crippen LogP contribution in [0, 0.1) is 10.1 Å². The molecule has 0 atom stereocenters. The van der Waals surface area contributed by atoms with Gasteiger partial charge in [-0.25, -0.2) is 0 Å². The van der Waals surface area contributed by atoms with E-state index < -0.39 is 22.5 Å². The molecule has 0 aliphatic heterocycles. The molecule has 6 nitrogen and oxygen atoms in total. The van der Waals surface area contributed by atoms with E-state index in [2.05, 4.69) is 10.5 Å². The standard InChI is InChI=1S/C12H7ClF3N3O3/c13-9-3-1-7(12(14,15)16)5-10(9)18-17-6-8-2-4-11(22-8)19(20)21/h1-6,18H/b17-6-. The quantitative estimate of drug-likeness (QED) is 0.513. The second-order valence-electron chi connectivity index (χ2n) is 4.00. The maximum Gasteiger partial charge on any atom is 0.433 e. The van der Waals surface area contributed by atoms with E-state index in [9.17, 15) is 23.3 Å². The van der Waals surface area contributed by atoms with Crippen molar-refractivity contribution >= 4 is 29.4 Å². The van der Waals surface area contributed by atoms with Crippen LogP contribution in [-0.4, -0.2) is 11.1 Å². The summed E-state index contributed by atoms with van der Waals surface area (Å²) in [7, 11) is 0. The lowest BCUT2D eigenvalue weighted by Crippen LogP contribution is -2.05. The highest BCUT2D eigenvalue weighted by Gasteiger charge is 2.30. The maximum absolute atomic E-state index is 12.6. The zero-order valence-corrected chi connectivity index (χ0v) is 11.4. The minimum absolute atomic E-state index is 0.0376. The van der Waals surface area contributed by atoms with Gasteiger partial charge in [-0.15, -0.1) is 0 Å². The zero-order valence-electron chi connectivity index (χ0n) is 10.6. The molecule has 0 aliphatic rings. The number of nitrogens with one attached hydrogen (secondary N) is 1. The van der Waals surface area contributed by atoms with Crippen LogP contribution in [0.5, 0.6) is 0 Å². The summed E-state index contributed by atoms with van der Waals surface area (Å²) in [4.78, 5) is 9.69. The van der Waals surface area contributed by atoms with Gasteiger partial charge in [-0.3, -0.25) is 15.5 Å². The molecule has 1 aromatic heterocycles. The van der Waals surface area contributed by atoms with Crippen LogP contribution in [0.3, 0.4) is 0 Å². The third-order valence-electron chi connectivity index (χ3n) is 2.46. The molecule has 10 heteroatoms. The van der Waals surface area contributed by atoms with Crippen molar-refractivity contribution in [2.45, 2.75) is 6.18 Å². The maximum atomic E-state index is 12.6. The van der Waals surface area contributed by atoms with Crippen LogP contribution in [-0.2, 0) is 6.18 Å². The van der Waals surface area contributed by atoms with Gasteiger partial charge in [0.2, 0.25) is 0 Å². The first kappa shape index (κ1) is 15.8. The topological polar surface area (TPSA) is 80.7 Å². The summed E-state index contributed by atoms with van der Waals surface area (Å²) in [5.74, 6) is -0.416. The molecule has 0 amide bonds. The average Bonchev–Trinajstić information content (AvgIpc) is 2.88. The molecule has 0 unspecified atom stereocenters. The molecule has 2 aromatic rings. The number of furan rings is 1. The van der Waals surface area contributed by atoms with Crippen LogP contribution in [0.25, 0.3) is 0 Å². The first-order valence-corrected chi connectivity index (χ1v) is 6.05. The van der Waals surface area contributed by atoms with E-state index in [-0.39, 0.29) is 16.5 Å². The lowest BCUT2D eigenvalue weighted by molar-refractivity contribution is -0.402. The Balaban J connectivity index is 2.13. The summed E-state index contributed by atoms with van der Waals surface area (Å²) in [5, 5.41) is 14.1. The number of rotatable bonds is 4. The monoisotopic (exact) mass is 333 g/mol. The molecule has 0 aliphatic carbocycles. The Labute approximate surface area is 126 Å². The molecule has 0 saturated heterocycles. The predicted molar refractivity (Wildman–Crippen MR) is 73.0 cm³/mol. The number of nitrogens with zero attached hydrogens (tertiary/aromatic N) is 2. The van der Waals surface area contributed by atoms with Crippen molar-refractivity contribution in [2.75, 3.05) is 5.43 Å². The lowest BCUT2D eigenvalue weighted by Gasteiger charge is -2.09. The third-order valence-corrected chi connectivity index (χ3v) is 2.79. The minimum Gasteiger partial charge on any atom is -0.400 e. The number of hydrogen-bond donors (Lipinski definition) is 1. The Morgan fingerprint density at radius 2 is 2.05 bits per heavy atom. The number of nitro groups is 1. The average molecular weight is 334 g/mol. The summed E-state index contributed by atoms with van der Waals surface area (Å²) in [6.07, 6.45) is -3.43. The largest absolute Gasteiger partial charge is 0.433 e. The van der Waals surface area contributed by atoms with Crippen LogP contribution in [0.1, 0.15) is 11.3 Å². The minimum atomic E-state index is -4.51. The second-order valence-corrected chi connectivity index (χ2v) is 4.40.